The first-order chi connectivity index (χ1) is 40.3. The Labute approximate surface area is 547 Å². The Balaban J connectivity index is 0.000000251. The smallest absolute Gasteiger partial charge is 0.0297 e. The molecule has 86 heavy (non-hydrogen) atoms. The van der Waals surface area contributed by atoms with Gasteiger partial charge in [0, 0.05) is 0 Å². The second-order valence-corrected chi connectivity index (χ2v) is 37.8. The molecule has 0 aromatic rings. The van der Waals surface area contributed by atoms with Crippen LogP contribution in [0.5, 0.6) is 0 Å². The van der Waals surface area contributed by atoms with Crippen molar-refractivity contribution in [2.24, 2.45) is 128 Å². The van der Waals surface area contributed by atoms with E-state index in [1.807, 2.05) is 0 Å². The van der Waals surface area contributed by atoms with Crippen LogP contribution in [-0.2, 0) is 0 Å². The molecule has 7 unspecified atom stereocenters. The predicted molar refractivity (Wildman–Crippen MR) is 391 cm³/mol. The van der Waals surface area contributed by atoms with Crippen LogP contribution in [0.4, 0.5) is 0 Å². The number of hydrogen-bond donors (Lipinski definition) is 0. The van der Waals surface area contributed by atoms with Gasteiger partial charge in [0.15, 0.2) is 0 Å². The maximum atomic E-state index is 2.48. The third kappa shape index (κ3) is 30.0. The fourth-order valence-electron chi connectivity index (χ4n) is 19.1. The molecule has 0 aromatic heterocycles. The Morgan fingerprint density at radius 1 is 0.337 bits per heavy atom. The highest BCUT2D eigenvalue weighted by molar-refractivity contribution is 4.97. The van der Waals surface area contributed by atoms with Gasteiger partial charge >= 0.3 is 0 Å². The molecule has 0 saturated heterocycles. The third-order valence-corrected chi connectivity index (χ3v) is 28.9. The molecular formula is C86H168. The summed E-state index contributed by atoms with van der Waals surface area (Å²) >= 11 is 0. The highest BCUT2D eigenvalue weighted by Crippen LogP contribution is 2.57. The molecule has 0 aliphatic heterocycles. The summed E-state index contributed by atoms with van der Waals surface area (Å²) in [4.78, 5) is 0. The molecule has 12 fully saturated rings. The quantitative estimate of drug-likeness (QED) is 0.264. The van der Waals surface area contributed by atoms with Crippen molar-refractivity contribution >= 4 is 0 Å². The normalized spacial score (nSPS) is 35.9. The summed E-state index contributed by atoms with van der Waals surface area (Å²) in [5, 5.41) is 0. The van der Waals surface area contributed by atoms with E-state index in [2.05, 4.69) is 159 Å². The van der Waals surface area contributed by atoms with Crippen LogP contribution in [0.3, 0.4) is 0 Å². The molecule has 12 aliphatic rings. The molecule has 512 valence electrons. The minimum absolute atomic E-state index is 0.571. The van der Waals surface area contributed by atoms with Crippen LogP contribution in [0.25, 0.3) is 0 Å². The van der Waals surface area contributed by atoms with Gasteiger partial charge < -0.3 is 0 Å². The lowest BCUT2D eigenvalue weighted by Gasteiger charge is -2.47. The summed E-state index contributed by atoms with van der Waals surface area (Å²) in [5.74, 6) is 17.4. The van der Waals surface area contributed by atoms with Gasteiger partial charge in [0.25, 0.3) is 0 Å². The van der Waals surface area contributed by atoms with Gasteiger partial charge in [-0.25, -0.2) is 0 Å². The van der Waals surface area contributed by atoms with E-state index >= 15 is 0 Å². The Hall–Kier alpha value is 0. The summed E-state index contributed by atoms with van der Waals surface area (Å²) in [6, 6.07) is 0. The van der Waals surface area contributed by atoms with Crippen molar-refractivity contribution in [1.29, 1.82) is 0 Å². The van der Waals surface area contributed by atoms with E-state index in [4.69, 9.17) is 0 Å². The van der Waals surface area contributed by atoms with Gasteiger partial charge in [0.2, 0.25) is 0 Å². The number of hydrogen-bond acceptors (Lipinski definition) is 0. The molecule has 0 nitrogen and oxygen atoms in total. The molecule has 12 aliphatic carbocycles. The van der Waals surface area contributed by atoms with Crippen LogP contribution in [0.2, 0.25) is 0 Å². The molecule has 11 atom stereocenters. The molecular weight excluding hydrogens is 1030 g/mol. The lowest BCUT2D eigenvalue weighted by atomic mass is 9.58. The molecule has 0 N–H and O–H groups in total. The fraction of sp³-hybridized carbons (Fsp3) is 1.00. The maximum absolute atomic E-state index is 2.48. The zero-order valence-electron chi connectivity index (χ0n) is 64.3. The predicted octanol–water partition coefficient (Wildman–Crippen LogP) is 29.9. The van der Waals surface area contributed by atoms with Crippen LogP contribution in [0.15, 0.2) is 0 Å². The minimum Gasteiger partial charge on any atom is -0.0651 e. The third-order valence-electron chi connectivity index (χ3n) is 28.9. The first kappa shape index (κ1) is 80.2. The Kier molecular flexibility index (Phi) is 37.6. The number of rotatable bonds is 3. The van der Waals surface area contributed by atoms with Crippen LogP contribution in [0.1, 0.15) is 422 Å². The monoisotopic (exact) mass is 1200 g/mol. The fourth-order valence-corrected chi connectivity index (χ4v) is 19.1. The molecule has 12 saturated carbocycles. The van der Waals surface area contributed by atoms with Gasteiger partial charge in [-0.05, 0) is 205 Å². The van der Waals surface area contributed by atoms with Crippen molar-refractivity contribution < 1.29 is 0 Å². The summed E-state index contributed by atoms with van der Waals surface area (Å²) in [5.41, 5.74) is 3.21. The Bertz CT molecular complexity index is 1600. The average molecular weight is 1200 g/mol. The van der Waals surface area contributed by atoms with E-state index in [9.17, 15) is 0 Å². The second-order valence-electron chi connectivity index (χ2n) is 37.8. The molecule has 0 spiro atoms. The molecule has 4 bridgehead atoms. The zero-order chi connectivity index (χ0) is 64.3. The van der Waals surface area contributed by atoms with E-state index in [-0.39, 0.29) is 0 Å². The first-order valence-electron chi connectivity index (χ1n) is 40.3. The van der Waals surface area contributed by atoms with Crippen LogP contribution in [0, 0.1) is 128 Å². The lowest BCUT2D eigenvalue weighted by molar-refractivity contribution is 0.0286. The molecule has 12 rings (SSSR count). The average Bonchev–Trinajstić information content (AvgIpc) is 2.93. The SMILES string of the molecule is CC(C)C1CCCC1.CC1C(C)(C)CCCC1(C)C.CC1CCC(C)(C)CC1.CC1CCCC(C)C1C.CC1CCCC[C@H]1C.CCC1CCCC1.CCC1CCCCC1.C[C@@H]1CCCCC1(C)C.C[C@H]1CC2CCC1(C)C2.C[C@H]1CC2CCC1C2. The summed E-state index contributed by atoms with van der Waals surface area (Å²) in [7, 11) is 0. The van der Waals surface area contributed by atoms with E-state index in [0.29, 0.717) is 21.7 Å². The largest absolute Gasteiger partial charge is 0.0651 e. The van der Waals surface area contributed by atoms with Crippen molar-refractivity contribution in [3.8, 4) is 0 Å². The van der Waals surface area contributed by atoms with Crippen LogP contribution >= 0.6 is 0 Å². The first-order valence-corrected chi connectivity index (χ1v) is 40.3. The van der Waals surface area contributed by atoms with Gasteiger partial charge in [-0.3, -0.25) is 0 Å². The molecule has 0 amide bonds. The van der Waals surface area contributed by atoms with Crippen LogP contribution < -0.4 is 0 Å². The van der Waals surface area contributed by atoms with Crippen molar-refractivity contribution in [1.82, 2.24) is 0 Å². The van der Waals surface area contributed by atoms with E-state index in [1.165, 1.54) is 238 Å². The zero-order valence-corrected chi connectivity index (χ0v) is 64.3. The molecule has 0 heteroatoms. The maximum Gasteiger partial charge on any atom is -0.0297 e. The van der Waals surface area contributed by atoms with Gasteiger partial charge in [0.05, 0.1) is 0 Å². The van der Waals surface area contributed by atoms with E-state index in [0.717, 1.165) is 106 Å². The Morgan fingerprint density at radius 2 is 0.791 bits per heavy atom. The molecule has 0 radical (unpaired) electrons. The highest BCUT2D eigenvalue weighted by Gasteiger charge is 2.46. The summed E-state index contributed by atoms with van der Waals surface area (Å²) in [6.07, 6.45) is 60.8. The molecule has 0 heterocycles. The van der Waals surface area contributed by atoms with Gasteiger partial charge in [0.1, 0.15) is 0 Å². The van der Waals surface area contributed by atoms with Gasteiger partial charge in [-0.15, -0.1) is 0 Å². The highest BCUT2D eigenvalue weighted by atomic mass is 14.5. The van der Waals surface area contributed by atoms with Crippen molar-refractivity contribution in [3.63, 3.8) is 0 Å². The summed E-state index contributed by atoms with van der Waals surface area (Å²) in [6.45, 7) is 55.0. The van der Waals surface area contributed by atoms with Crippen molar-refractivity contribution in [2.45, 2.75) is 422 Å². The Morgan fingerprint density at radius 3 is 1.07 bits per heavy atom. The van der Waals surface area contributed by atoms with Gasteiger partial charge in [-0.1, -0.05) is 345 Å². The van der Waals surface area contributed by atoms with E-state index in [1.54, 1.807) is 25.7 Å². The van der Waals surface area contributed by atoms with E-state index < -0.39 is 0 Å². The van der Waals surface area contributed by atoms with Crippen LogP contribution in [-0.4, -0.2) is 0 Å². The molecule has 0 aromatic carbocycles. The minimum atomic E-state index is 0.571. The number of fused-ring (bicyclic) bond motifs is 4. The summed E-state index contributed by atoms with van der Waals surface area (Å²) < 4.78 is 0. The van der Waals surface area contributed by atoms with Crippen molar-refractivity contribution in [2.75, 3.05) is 0 Å². The standard InChI is InChI=1S/C11H22.C9H16.3C9H18.C8H14.3C8H16.C7H14/c1-9-10(2,3)7-6-8-11(9,4)5;1-7-5-8-3-4-9(7,2)6-8;1-8-4-6-9(2,3)7-5-8;1-8-6-4-5-7-9(8,2)3;1-7-5-4-6-8(2)9(7)3;1-6-4-7-2-3-8(6)5-7;1-7-5-3-4-6-8(7)2;1-7(2)8-5-3-4-6-8;1-2-8-6-4-3-5-7-8;1-2-7-5-3-4-6-7/h9H,6-8H2,1-5H3;7-8H,3-6H2,1-2H3;2*8H,4-7H2,1-3H3;7-9H,4-6H2,1-3H3;6-8H,2-5H2,1H3;2*7-8H,3-6H2,1-2H3;8H,2-7H2,1H3;7H,2-6H2,1H3/t;7-,8?,9?;;8-;;6-,7?,8?;7-,8?;;;/m.0.1.01.../s1. The van der Waals surface area contributed by atoms with Crippen molar-refractivity contribution in [3.05, 3.63) is 0 Å². The van der Waals surface area contributed by atoms with Gasteiger partial charge in [-0.2, -0.15) is 0 Å². The lowest BCUT2D eigenvalue weighted by Crippen LogP contribution is -2.38. The second kappa shape index (κ2) is 40.3. The topological polar surface area (TPSA) is 0 Å².